The Morgan fingerprint density at radius 2 is 1.41 bits per heavy atom. The van der Waals surface area contributed by atoms with Crippen LogP contribution in [0.4, 0.5) is 0 Å². The number of primary amides is 2. The number of benzene rings is 1. The number of carboxylic acid groups (broad SMARTS) is 1. The molecule has 5 amide bonds. The zero-order valence-corrected chi connectivity index (χ0v) is 21.8. The number of aromatic nitrogens is 3. The summed E-state index contributed by atoms with van der Waals surface area (Å²) in [6.07, 6.45) is 2.96. The number of hydrogen-bond acceptors (Lipinski definition) is 8. The van der Waals surface area contributed by atoms with Gasteiger partial charge in [-0.05, 0) is 18.1 Å². The molecule has 218 valence electrons. The Morgan fingerprint density at radius 1 is 0.829 bits per heavy atom. The van der Waals surface area contributed by atoms with E-state index in [2.05, 4.69) is 30.9 Å². The summed E-state index contributed by atoms with van der Waals surface area (Å²) in [5, 5.41) is 17.2. The van der Waals surface area contributed by atoms with Crippen LogP contribution in [0.2, 0.25) is 0 Å². The lowest BCUT2D eigenvalue weighted by Crippen LogP contribution is -2.58. The van der Waals surface area contributed by atoms with Crippen molar-refractivity contribution in [3.8, 4) is 0 Å². The number of nitrogens with one attached hydrogen (secondary N) is 5. The van der Waals surface area contributed by atoms with Gasteiger partial charge in [0.1, 0.15) is 18.1 Å². The number of nitrogens with two attached hydrogens (primary N) is 3. The van der Waals surface area contributed by atoms with Gasteiger partial charge in [-0.1, -0.05) is 18.2 Å². The first kappa shape index (κ1) is 30.3. The smallest absolute Gasteiger partial charge is 0.326 e. The van der Waals surface area contributed by atoms with E-state index in [0.29, 0.717) is 5.69 Å². The topological polar surface area (TPSA) is 281 Å². The van der Waals surface area contributed by atoms with Crippen molar-refractivity contribution < 1.29 is 33.9 Å². The maximum absolute atomic E-state index is 13.1. The number of nitrogens with zero attached hydrogens (tertiary/aromatic N) is 1. The molecule has 0 aliphatic heterocycles. The molecule has 0 saturated heterocycles. The van der Waals surface area contributed by atoms with Gasteiger partial charge in [-0.25, -0.2) is 9.78 Å². The molecule has 0 saturated carbocycles. The first-order chi connectivity index (χ1) is 19.4. The van der Waals surface area contributed by atoms with Gasteiger partial charge >= 0.3 is 5.97 Å². The van der Waals surface area contributed by atoms with Crippen LogP contribution < -0.4 is 33.2 Å². The van der Waals surface area contributed by atoms with Gasteiger partial charge in [0.05, 0.1) is 25.2 Å². The fourth-order valence-electron chi connectivity index (χ4n) is 4.09. The van der Waals surface area contributed by atoms with Crippen molar-refractivity contribution >= 4 is 46.4 Å². The zero-order valence-electron chi connectivity index (χ0n) is 21.8. The summed E-state index contributed by atoms with van der Waals surface area (Å²) in [6, 6.07) is 1.62. The predicted octanol–water partition coefficient (Wildman–Crippen LogP) is -2.71. The Hall–Kier alpha value is -5.25. The Balaban J connectivity index is 1.70. The normalized spacial score (nSPS) is 13.9. The van der Waals surface area contributed by atoms with Gasteiger partial charge in [0.2, 0.25) is 29.5 Å². The number of carbonyl (C=O) groups is 6. The number of carbonyl (C=O) groups excluding carboxylic acids is 5. The third-order valence-corrected chi connectivity index (χ3v) is 6.12. The average molecular weight is 570 g/mol. The zero-order chi connectivity index (χ0) is 30.1. The lowest BCUT2D eigenvalue weighted by Gasteiger charge is -2.24. The highest BCUT2D eigenvalue weighted by atomic mass is 16.4. The number of hydrogen-bond donors (Lipinski definition) is 9. The van der Waals surface area contributed by atoms with E-state index in [9.17, 15) is 33.9 Å². The number of H-pyrrole nitrogens is 2. The van der Waals surface area contributed by atoms with Gasteiger partial charge in [0.25, 0.3) is 0 Å². The summed E-state index contributed by atoms with van der Waals surface area (Å²) >= 11 is 0. The van der Waals surface area contributed by atoms with Crippen molar-refractivity contribution in [1.82, 2.24) is 30.9 Å². The number of rotatable bonds is 15. The summed E-state index contributed by atoms with van der Waals surface area (Å²) in [5.41, 5.74) is 18.6. The molecule has 0 aliphatic carbocycles. The minimum atomic E-state index is -1.63. The van der Waals surface area contributed by atoms with Crippen LogP contribution >= 0.6 is 0 Å². The molecule has 0 spiro atoms. The average Bonchev–Trinajstić information content (AvgIpc) is 3.57. The van der Waals surface area contributed by atoms with Crippen molar-refractivity contribution in [2.24, 2.45) is 17.2 Å². The number of para-hydroxylation sites is 1. The maximum Gasteiger partial charge on any atom is 0.326 e. The molecule has 4 atom stereocenters. The van der Waals surface area contributed by atoms with Crippen molar-refractivity contribution in [3.63, 3.8) is 0 Å². The number of fused-ring (bicyclic) bond motifs is 1. The molecule has 0 aliphatic rings. The van der Waals surface area contributed by atoms with Gasteiger partial charge in [0.15, 0.2) is 0 Å². The molecule has 0 radical (unpaired) electrons. The van der Waals surface area contributed by atoms with Crippen molar-refractivity contribution in [2.45, 2.75) is 49.9 Å². The van der Waals surface area contributed by atoms with Gasteiger partial charge in [-0.15, -0.1) is 0 Å². The molecule has 4 unspecified atom stereocenters. The van der Waals surface area contributed by atoms with E-state index >= 15 is 0 Å². The second kappa shape index (κ2) is 13.7. The monoisotopic (exact) mass is 569 g/mol. The van der Waals surface area contributed by atoms with Crippen LogP contribution in [0.5, 0.6) is 0 Å². The van der Waals surface area contributed by atoms with Crippen molar-refractivity contribution in [3.05, 3.63) is 54.2 Å². The van der Waals surface area contributed by atoms with Crippen LogP contribution in [-0.2, 0) is 41.6 Å². The van der Waals surface area contributed by atoms with Crippen molar-refractivity contribution in [2.75, 3.05) is 0 Å². The molecule has 2 aromatic heterocycles. The fourth-order valence-corrected chi connectivity index (χ4v) is 4.09. The lowest BCUT2D eigenvalue weighted by molar-refractivity contribution is -0.142. The van der Waals surface area contributed by atoms with Gasteiger partial charge in [0, 0.05) is 35.4 Å². The Bertz CT molecular complexity index is 1420. The number of aliphatic carboxylic acids is 1. The van der Waals surface area contributed by atoms with E-state index in [1.165, 1.54) is 12.5 Å². The number of carboxylic acids is 1. The molecular formula is C25H31N9O7. The Labute approximate surface area is 232 Å². The maximum atomic E-state index is 13.1. The second-order valence-electron chi connectivity index (χ2n) is 9.31. The van der Waals surface area contributed by atoms with Crippen LogP contribution in [0.15, 0.2) is 43.0 Å². The summed E-state index contributed by atoms with van der Waals surface area (Å²) in [6.45, 7) is 0. The quantitative estimate of drug-likeness (QED) is 0.0918. The minimum absolute atomic E-state index is 0.0976. The lowest BCUT2D eigenvalue weighted by atomic mass is 10.0. The predicted molar refractivity (Wildman–Crippen MR) is 143 cm³/mol. The van der Waals surface area contributed by atoms with E-state index in [4.69, 9.17) is 17.2 Å². The SMILES string of the molecule is NC(=O)CC(NC(=O)C(N)Cc1c[nH]c2ccccc12)C(=O)NC(CC(N)=O)C(=O)NC(Cc1cnc[nH]1)C(=O)O. The highest BCUT2D eigenvalue weighted by Crippen LogP contribution is 2.18. The highest BCUT2D eigenvalue weighted by Gasteiger charge is 2.32. The van der Waals surface area contributed by atoms with Crippen molar-refractivity contribution in [1.29, 1.82) is 0 Å². The van der Waals surface area contributed by atoms with Crippen LogP contribution in [0.3, 0.4) is 0 Å². The third kappa shape index (κ3) is 8.62. The Kier molecular flexibility index (Phi) is 10.1. The molecular weight excluding hydrogens is 538 g/mol. The van der Waals surface area contributed by atoms with E-state index in [1.807, 2.05) is 24.3 Å². The minimum Gasteiger partial charge on any atom is -0.480 e. The van der Waals surface area contributed by atoms with E-state index in [1.54, 1.807) is 6.20 Å². The molecule has 0 bridgehead atoms. The van der Waals surface area contributed by atoms with Gasteiger partial charge in [-0.2, -0.15) is 0 Å². The first-order valence-electron chi connectivity index (χ1n) is 12.4. The third-order valence-electron chi connectivity index (χ3n) is 6.12. The molecule has 2 heterocycles. The highest BCUT2D eigenvalue weighted by molar-refractivity contribution is 5.97. The van der Waals surface area contributed by atoms with E-state index in [-0.39, 0.29) is 12.8 Å². The molecule has 3 aromatic rings. The standard InChI is InChI=1S/C25H31N9O7/c26-15(5-12-9-30-16-4-2-1-3-14(12)16)22(37)32-17(7-20(27)35)23(38)33-18(8-21(28)36)24(39)34-19(25(40)41)6-13-10-29-11-31-13/h1-4,9-11,15,17-19,30H,5-8,26H2,(H2,27,35)(H2,28,36)(H,29,31)(H,32,37)(H,33,38)(H,34,39)(H,40,41). The molecule has 16 nitrogen and oxygen atoms in total. The summed E-state index contributed by atoms with van der Waals surface area (Å²) in [7, 11) is 0. The molecule has 0 fully saturated rings. The molecule has 1 aromatic carbocycles. The number of imidazole rings is 1. The summed E-state index contributed by atoms with van der Waals surface area (Å²) < 4.78 is 0. The second-order valence-corrected chi connectivity index (χ2v) is 9.31. The van der Waals surface area contributed by atoms with Gasteiger partial charge in [-0.3, -0.25) is 24.0 Å². The molecule has 12 N–H and O–H groups in total. The van der Waals surface area contributed by atoms with Crippen LogP contribution in [0.25, 0.3) is 10.9 Å². The van der Waals surface area contributed by atoms with E-state index < -0.39 is 72.5 Å². The molecule has 3 rings (SSSR count). The Morgan fingerprint density at radius 3 is 1.98 bits per heavy atom. The summed E-state index contributed by atoms with van der Waals surface area (Å²) in [4.78, 5) is 83.4. The largest absolute Gasteiger partial charge is 0.480 e. The van der Waals surface area contributed by atoms with Crippen LogP contribution in [0.1, 0.15) is 24.1 Å². The molecule has 41 heavy (non-hydrogen) atoms. The van der Waals surface area contributed by atoms with E-state index in [0.717, 1.165) is 16.5 Å². The molecule has 16 heteroatoms. The number of aromatic amines is 2. The fraction of sp³-hybridized carbons (Fsp3) is 0.320. The first-order valence-corrected chi connectivity index (χ1v) is 12.4. The van der Waals surface area contributed by atoms with Gasteiger partial charge < -0.3 is 48.2 Å². The van der Waals surface area contributed by atoms with Crippen LogP contribution in [0, 0.1) is 0 Å². The van der Waals surface area contributed by atoms with Crippen LogP contribution in [-0.4, -0.2) is 79.7 Å². The number of amides is 5. The summed E-state index contributed by atoms with van der Waals surface area (Å²) in [5.74, 6) is -6.18.